The molecule has 1 N–H and O–H groups in total. The molecule has 1 aliphatic heterocycles. The Bertz CT molecular complexity index is 543. The Morgan fingerprint density at radius 1 is 1.50 bits per heavy atom. The molecule has 7 nitrogen and oxygen atoms in total. The number of aryl methyl sites for hydroxylation is 1. The number of hydrogen-bond acceptors (Lipinski definition) is 4. The second-order valence-corrected chi connectivity index (χ2v) is 6.66. The highest BCUT2D eigenvalue weighted by molar-refractivity contribution is 5.74. The fourth-order valence-corrected chi connectivity index (χ4v) is 3.24. The van der Waals surface area contributed by atoms with E-state index in [1.54, 1.807) is 4.68 Å². The molecule has 1 saturated heterocycles. The predicted molar refractivity (Wildman–Crippen MR) is 93.9 cm³/mol. The molecule has 0 unspecified atom stereocenters. The molecule has 2 rings (SSSR count). The standard InChI is InChI=1S/C17H31N5O2/c1-6-21(7-2)14(3)10-18-16(23)22-8-9-24-17(4,13-22)15-11-19-20(5)12-15/h11-12,14H,6-10,13H2,1-5H3,(H,18,23)/t14-,17+/m1/s1. The van der Waals surface area contributed by atoms with Gasteiger partial charge in [-0.1, -0.05) is 13.8 Å². The third-order valence-corrected chi connectivity index (χ3v) is 4.86. The number of ether oxygens (including phenoxy) is 1. The van der Waals surface area contributed by atoms with Crippen LogP contribution in [0.1, 0.15) is 33.3 Å². The highest BCUT2D eigenvalue weighted by Gasteiger charge is 2.36. The lowest BCUT2D eigenvalue weighted by Gasteiger charge is -2.40. The van der Waals surface area contributed by atoms with Gasteiger partial charge in [0.05, 0.1) is 19.3 Å². The van der Waals surface area contributed by atoms with Gasteiger partial charge in [0, 0.05) is 37.9 Å². The quantitative estimate of drug-likeness (QED) is 0.852. The maximum Gasteiger partial charge on any atom is 0.317 e. The molecule has 2 atom stereocenters. The van der Waals surface area contributed by atoms with Crippen molar-refractivity contribution >= 4 is 6.03 Å². The smallest absolute Gasteiger partial charge is 0.317 e. The van der Waals surface area contributed by atoms with E-state index < -0.39 is 5.60 Å². The summed E-state index contributed by atoms with van der Waals surface area (Å²) in [6, 6.07) is 0.308. The lowest BCUT2D eigenvalue weighted by atomic mass is 9.97. The number of rotatable bonds is 6. The minimum atomic E-state index is -0.506. The first-order valence-electron chi connectivity index (χ1n) is 8.79. The van der Waals surface area contributed by atoms with Gasteiger partial charge in [-0.2, -0.15) is 5.10 Å². The highest BCUT2D eigenvalue weighted by atomic mass is 16.5. The Labute approximate surface area is 144 Å². The van der Waals surface area contributed by atoms with Crippen LogP contribution in [-0.4, -0.2) is 71.0 Å². The Morgan fingerprint density at radius 3 is 2.79 bits per heavy atom. The molecule has 2 amide bonds. The van der Waals surface area contributed by atoms with E-state index in [1.165, 1.54) is 0 Å². The third kappa shape index (κ3) is 4.27. The molecule has 24 heavy (non-hydrogen) atoms. The Morgan fingerprint density at radius 2 is 2.21 bits per heavy atom. The maximum atomic E-state index is 12.5. The zero-order valence-corrected chi connectivity index (χ0v) is 15.6. The first-order valence-corrected chi connectivity index (χ1v) is 8.79. The third-order valence-electron chi connectivity index (χ3n) is 4.86. The van der Waals surface area contributed by atoms with Crippen molar-refractivity contribution in [2.45, 2.75) is 39.3 Å². The summed E-state index contributed by atoms with van der Waals surface area (Å²) in [5.41, 5.74) is 0.493. The molecule has 1 aromatic rings. The van der Waals surface area contributed by atoms with Gasteiger partial charge >= 0.3 is 6.03 Å². The summed E-state index contributed by atoms with van der Waals surface area (Å²) in [6.07, 6.45) is 3.76. The van der Waals surface area contributed by atoms with Crippen molar-refractivity contribution in [3.63, 3.8) is 0 Å². The molecule has 0 radical (unpaired) electrons. The average molecular weight is 337 g/mol. The molecule has 0 aliphatic carbocycles. The topological polar surface area (TPSA) is 62.6 Å². The molecule has 0 saturated carbocycles. The summed E-state index contributed by atoms with van der Waals surface area (Å²) in [7, 11) is 1.88. The summed E-state index contributed by atoms with van der Waals surface area (Å²) in [4.78, 5) is 16.7. The first-order chi connectivity index (χ1) is 11.4. The van der Waals surface area contributed by atoms with Gasteiger partial charge in [-0.3, -0.25) is 9.58 Å². The number of nitrogens with zero attached hydrogens (tertiary/aromatic N) is 4. The summed E-state index contributed by atoms with van der Waals surface area (Å²) in [5, 5.41) is 7.28. The number of likely N-dealkylation sites (N-methyl/N-ethyl adjacent to an activating group) is 1. The Balaban J connectivity index is 1.93. The van der Waals surface area contributed by atoms with Crippen molar-refractivity contribution < 1.29 is 9.53 Å². The van der Waals surface area contributed by atoms with Crippen LogP contribution in [0.25, 0.3) is 0 Å². The van der Waals surface area contributed by atoms with E-state index in [9.17, 15) is 4.79 Å². The number of aromatic nitrogens is 2. The molecule has 2 heterocycles. The van der Waals surface area contributed by atoms with Gasteiger partial charge in [0.25, 0.3) is 0 Å². The molecule has 136 valence electrons. The average Bonchev–Trinajstić information content (AvgIpc) is 3.01. The number of amides is 2. The van der Waals surface area contributed by atoms with E-state index >= 15 is 0 Å². The zero-order valence-electron chi connectivity index (χ0n) is 15.6. The van der Waals surface area contributed by atoms with Crippen LogP contribution in [0, 0.1) is 0 Å². The zero-order chi connectivity index (χ0) is 17.7. The van der Waals surface area contributed by atoms with Crippen LogP contribution in [0.4, 0.5) is 4.79 Å². The first kappa shape index (κ1) is 18.7. The fraction of sp³-hybridized carbons (Fsp3) is 0.765. The second kappa shape index (κ2) is 7.98. The summed E-state index contributed by atoms with van der Waals surface area (Å²) in [5.74, 6) is 0. The van der Waals surface area contributed by atoms with Crippen LogP contribution < -0.4 is 5.32 Å². The van der Waals surface area contributed by atoms with E-state index in [0.717, 1.165) is 18.7 Å². The van der Waals surface area contributed by atoms with Gasteiger partial charge < -0.3 is 15.0 Å². The normalized spacial score (nSPS) is 22.7. The van der Waals surface area contributed by atoms with Crippen molar-refractivity contribution in [3.05, 3.63) is 18.0 Å². The van der Waals surface area contributed by atoms with Gasteiger partial charge in [0.15, 0.2) is 0 Å². The van der Waals surface area contributed by atoms with Crippen molar-refractivity contribution in [1.82, 2.24) is 24.9 Å². The molecule has 7 heteroatoms. The molecule has 0 aromatic carbocycles. The molecule has 1 aliphatic rings. The van der Waals surface area contributed by atoms with E-state index in [4.69, 9.17) is 4.74 Å². The molecular weight excluding hydrogens is 306 g/mol. The van der Waals surface area contributed by atoms with Crippen molar-refractivity contribution in [1.29, 1.82) is 0 Å². The monoisotopic (exact) mass is 337 g/mol. The molecule has 1 aromatic heterocycles. The lowest BCUT2D eigenvalue weighted by Crippen LogP contribution is -2.54. The summed E-state index contributed by atoms with van der Waals surface area (Å²) < 4.78 is 7.72. The van der Waals surface area contributed by atoms with Gasteiger partial charge in [0.2, 0.25) is 0 Å². The van der Waals surface area contributed by atoms with Gasteiger partial charge in [-0.05, 0) is 26.9 Å². The molecular formula is C17H31N5O2. The van der Waals surface area contributed by atoms with Crippen molar-refractivity contribution in [2.24, 2.45) is 7.05 Å². The number of carbonyl (C=O) groups excluding carboxylic acids is 1. The molecule has 0 bridgehead atoms. The number of nitrogens with one attached hydrogen (secondary N) is 1. The van der Waals surface area contributed by atoms with Crippen LogP contribution >= 0.6 is 0 Å². The van der Waals surface area contributed by atoms with Crippen LogP contribution in [0.15, 0.2) is 12.4 Å². The van der Waals surface area contributed by atoms with Gasteiger partial charge in [-0.15, -0.1) is 0 Å². The van der Waals surface area contributed by atoms with Crippen LogP contribution in [0.2, 0.25) is 0 Å². The van der Waals surface area contributed by atoms with E-state index in [0.29, 0.717) is 32.3 Å². The predicted octanol–water partition coefficient (Wildman–Crippen LogP) is 1.41. The molecule has 1 fully saturated rings. The highest BCUT2D eigenvalue weighted by Crippen LogP contribution is 2.28. The Kier molecular flexibility index (Phi) is 6.23. The largest absolute Gasteiger partial charge is 0.367 e. The summed E-state index contributed by atoms with van der Waals surface area (Å²) >= 11 is 0. The van der Waals surface area contributed by atoms with E-state index in [1.807, 2.05) is 31.3 Å². The van der Waals surface area contributed by atoms with E-state index in [2.05, 4.69) is 36.1 Å². The minimum absolute atomic E-state index is 0.0209. The fourth-order valence-electron chi connectivity index (χ4n) is 3.24. The van der Waals surface area contributed by atoms with Crippen LogP contribution in [-0.2, 0) is 17.4 Å². The van der Waals surface area contributed by atoms with Crippen LogP contribution in [0.5, 0.6) is 0 Å². The van der Waals surface area contributed by atoms with Gasteiger partial charge in [0.1, 0.15) is 5.60 Å². The maximum absolute atomic E-state index is 12.5. The minimum Gasteiger partial charge on any atom is -0.367 e. The number of hydrogen-bond donors (Lipinski definition) is 1. The lowest BCUT2D eigenvalue weighted by molar-refractivity contribution is -0.0907. The number of morpholine rings is 1. The van der Waals surface area contributed by atoms with Crippen molar-refractivity contribution in [2.75, 3.05) is 39.3 Å². The van der Waals surface area contributed by atoms with E-state index in [-0.39, 0.29) is 6.03 Å². The summed E-state index contributed by atoms with van der Waals surface area (Å²) in [6.45, 7) is 12.8. The van der Waals surface area contributed by atoms with Crippen molar-refractivity contribution in [3.8, 4) is 0 Å². The SMILES string of the molecule is CCN(CC)[C@H](C)CNC(=O)N1CCO[C@](C)(c2cnn(C)c2)C1. The Hall–Kier alpha value is -1.60. The van der Waals surface area contributed by atoms with Gasteiger partial charge in [-0.25, -0.2) is 4.79 Å². The second-order valence-electron chi connectivity index (χ2n) is 6.66. The molecule has 0 spiro atoms. The number of carbonyl (C=O) groups is 1. The number of urea groups is 1. The van der Waals surface area contributed by atoms with Crippen LogP contribution in [0.3, 0.4) is 0 Å².